The smallest absolute Gasteiger partial charge is 0.0388 e. The number of rotatable bonds is 7. The molecule has 1 rings (SSSR count). The van der Waals surface area contributed by atoms with Crippen molar-refractivity contribution in [2.75, 3.05) is 0 Å². The largest absolute Gasteiger partial charge is 0.0651 e. The van der Waals surface area contributed by atoms with Crippen LogP contribution < -0.4 is 0 Å². The van der Waals surface area contributed by atoms with Gasteiger partial charge in [-0.25, -0.2) is 0 Å². The highest BCUT2D eigenvalue weighted by Gasteiger charge is 2.29. The number of hydrogen-bond donors (Lipinski definition) is 0. The summed E-state index contributed by atoms with van der Waals surface area (Å²) < 4.78 is 0. The molecule has 0 saturated heterocycles. The second-order valence-corrected chi connectivity index (χ2v) is 6.28. The molecular formula is C15H30. The maximum absolute atomic E-state index is 2.47. The van der Waals surface area contributed by atoms with Gasteiger partial charge in [0.05, 0.1) is 0 Å². The van der Waals surface area contributed by atoms with Gasteiger partial charge in [0, 0.05) is 0 Å². The zero-order valence-electron chi connectivity index (χ0n) is 11.4. The molecular weight excluding hydrogens is 180 g/mol. The van der Waals surface area contributed by atoms with Gasteiger partial charge in [0.15, 0.2) is 0 Å². The van der Waals surface area contributed by atoms with Crippen molar-refractivity contribution >= 4 is 0 Å². The summed E-state index contributed by atoms with van der Waals surface area (Å²) in [5, 5.41) is 0. The predicted molar refractivity (Wildman–Crippen MR) is 68.9 cm³/mol. The fraction of sp³-hybridized carbons (Fsp3) is 1.00. The van der Waals surface area contributed by atoms with E-state index in [9.17, 15) is 0 Å². The normalized spacial score (nSPS) is 22.8. The molecule has 0 heteroatoms. The van der Waals surface area contributed by atoms with Gasteiger partial charge in [-0.05, 0) is 55.3 Å². The molecule has 0 bridgehead atoms. The van der Waals surface area contributed by atoms with E-state index >= 15 is 0 Å². The summed E-state index contributed by atoms with van der Waals surface area (Å²) in [4.78, 5) is 0. The van der Waals surface area contributed by atoms with Gasteiger partial charge in [-0.3, -0.25) is 0 Å². The second kappa shape index (κ2) is 5.92. The number of hydrogen-bond acceptors (Lipinski definition) is 0. The topological polar surface area (TPSA) is 0 Å². The van der Waals surface area contributed by atoms with E-state index in [0.717, 1.165) is 29.6 Å². The van der Waals surface area contributed by atoms with Crippen molar-refractivity contribution in [1.29, 1.82) is 0 Å². The van der Waals surface area contributed by atoms with Crippen LogP contribution in [0.4, 0.5) is 0 Å². The highest BCUT2D eigenvalue weighted by molar-refractivity contribution is 4.80. The van der Waals surface area contributed by atoms with Gasteiger partial charge in [-0.1, -0.05) is 41.0 Å². The lowest BCUT2D eigenvalue weighted by molar-refractivity contribution is 0.264. The van der Waals surface area contributed by atoms with Crippen LogP contribution in [0.3, 0.4) is 0 Å². The molecule has 1 fully saturated rings. The van der Waals surface area contributed by atoms with Gasteiger partial charge in [0.25, 0.3) is 0 Å². The Hall–Kier alpha value is 0. The van der Waals surface area contributed by atoms with E-state index in [-0.39, 0.29) is 0 Å². The van der Waals surface area contributed by atoms with Crippen LogP contribution in [0.1, 0.15) is 66.7 Å². The van der Waals surface area contributed by atoms with E-state index in [4.69, 9.17) is 0 Å². The van der Waals surface area contributed by atoms with E-state index in [1.807, 2.05) is 0 Å². The van der Waals surface area contributed by atoms with Gasteiger partial charge in [-0.15, -0.1) is 0 Å². The average molecular weight is 210 g/mol. The van der Waals surface area contributed by atoms with E-state index in [0.29, 0.717) is 0 Å². The molecule has 0 N–H and O–H groups in total. The van der Waals surface area contributed by atoms with Gasteiger partial charge < -0.3 is 0 Å². The SMILES string of the molecule is CCC(CC(C)C(C)C)CC(C)C1CC1. The Balaban J connectivity index is 2.27. The molecule has 0 radical (unpaired) electrons. The van der Waals surface area contributed by atoms with E-state index < -0.39 is 0 Å². The third-order valence-corrected chi connectivity index (χ3v) is 4.55. The van der Waals surface area contributed by atoms with Gasteiger partial charge in [0.2, 0.25) is 0 Å². The lowest BCUT2D eigenvalue weighted by Crippen LogP contribution is -2.14. The standard InChI is InChI=1S/C15H30/c1-6-14(9-12(4)11(2)3)10-13(5)15-7-8-15/h11-15H,6-10H2,1-5H3. The summed E-state index contributed by atoms with van der Waals surface area (Å²) in [7, 11) is 0. The monoisotopic (exact) mass is 210 g/mol. The molecule has 1 aliphatic carbocycles. The van der Waals surface area contributed by atoms with Crippen LogP contribution >= 0.6 is 0 Å². The van der Waals surface area contributed by atoms with E-state index in [2.05, 4.69) is 34.6 Å². The fourth-order valence-corrected chi connectivity index (χ4v) is 2.61. The summed E-state index contributed by atoms with van der Waals surface area (Å²) in [5.41, 5.74) is 0. The van der Waals surface area contributed by atoms with Crippen LogP contribution in [0.2, 0.25) is 0 Å². The molecule has 0 heterocycles. The Morgan fingerprint density at radius 1 is 1.00 bits per heavy atom. The quantitative estimate of drug-likeness (QED) is 0.546. The average Bonchev–Trinajstić information content (AvgIpc) is 2.99. The van der Waals surface area contributed by atoms with Crippen molar-refractivity contribution in [3.8, 4) is 0 Å². The Morgan fingerprint density at radius 2 is 1.60 bits per heavy atom. The molecule has 0 aliphatic heterocycles. The van der Waals surface area contributed by atoms with E-state index in [1.165, 1.54) is 32.1 Å². The minimum Gasteiger partial charge on any atom is -0.0651 e. The van der Waals surface area contributed by atoms with Crippen molar-refractivity contribution in [2.24, 2.45) is 29.6 Å². The Morgan fingerprint density at radius 3 is 2.00 bits per heavy atom. The highest BCUT2D eigenvalue weighted by Crippen LogP contribution is 2.41. The maximum atomic E-state index is 2.47. The van der Waals surface area contributed by atoms with Crippen LogP contribution in [0.5, 0.6) is 0 Å². The molecule has 90 valence electrons. The first kappa shape index (κ1) is 13.1. The zero-order valence-corrected chi connectivity index (χ0v) is 11.4. The minimum absolute atomic E-state index is 0.857. The molecule has 0 nitrogen and oxygen atoms in total. The lowest BCUT2D eigenvalue weighted by atomic mass is 9.81. The molecule has 0 spiro atoms. The van der Waals surface area contributed by atoms with Crippen molar-refractivity contribution in [2.45, 2.75) is 66.7 Å². The Kier molecular flexibility index (Phi) is 5.15. The van der Waals surface area contributed by atoms with Crippen LogP contribution in [-0.4, -0.2) is 0 Å². The molecule has 0 aromatic carbocycles. The second-order valence-electron chi connectivity index (χ2n) is 6.28. The molecule has 0 aromatic heterocycles. The predicted octanol–water partition coefficient (Wildman–Crippen LogP) is 5.13. The zero-order chi connectivity index (χ0) is 11.4. The third-order valence-electron chi connectivity index (χ3n) is 4.55. The first-order valence-corrected chi connectivity index (χ1v) is 7.04. The van der Waals surface area contributed by atoms with Crippen LogP contribution in [0, 0.1) is 29.6 Å². The molecule has 1 aliphatic rings. The van der Waals surface area contributed by atoms with E-state index in [1.54, 1.807) is 0 Å². The van der Waals surface area contributed by atoms with Crippen molar-refractivity contribution < 1.29 is 0 Å². The molecule has 15 heavy (non-hydrogen) atoms. The summed E-state index contributed by atoms with van der Waals surface area (Å²) >= 11 is 0. The highest BCUT2D eigenvalue weighted by atomic mass is 14.3. The Bertz CT molecular complexity index is 157. The molecule has 0 amide bonds. The van der Waals surface area contributed by atoms with Crippen molar-refractivity contribution in [3.63, 3.8) is 0 Å². The molecule has 1 saturated carbocycles. The first-order chi connectivity index (χ1) is 7.04. The summed E-state index contributed by atoms with van der Waals surface area (Å²) in [6, 6.07) is 0. The van der Waals surface area contributed by atoms with Gasteiger partial charge in [-0.2, -0.15) is 0 Å². The third kappa shape index (κ3) is 4.57. The van der Waals surface area contributed by atoms with Crippen molar-refractivity contribution in [1.82, 2.24) is 0 Å². The summed E-state index contributed by atoms with van der Waals surface area (Å²) in [6.07, 6.45) is 7.34. The van der Waals surface area contributed by atoms with Crippen LogP contribution in [-0.2, 0) is 0 Å². The van der Waals surface area contributed by atoms with Gasteiger partial charge in [0.1, 0.15) is 0 Å². The summed E-state index contributed by atoms with van der Waals surface area (Å²) in [5.74, 6) is 4.83. The van der Waals surface area contributed by atoms with Crippen LogP contribution in [0.25, 0.3) is 0 Å². The molecule has 3 atom stereocenters. The summed E-state index contributed by atoms with van der Waals surface area (Å²) in [6.45, 7) is 12.0. The van der Waals surface area contributed by atoms with Crippen molar-refractivity contribution in [3.05, 3.63) is 0 Å². The maximum Gasteiger partial charge on any atom is -0.0388 e. The fourth-order valence-electron chi connectivity index (χ4n) is 2.61. The molecule has 0 aromatic rings. The molecule has 3 unspecified atom stereocenters. The van der Waals surface area contributed by atoms with Gasteiger partial charge >= 0.3 is 0 Å². The first-order valence-electron chi connectivity index (χ1n) is 7.04. The Labute approximate surface area is 96.8 Å². The van der Waals surface area contributed by atoms with Crippen LogP contribution in [0.15, 0.2) is 0 Å². The lowest BCUT2D eigenvalue weighted by Gasteiger charge is -2.24. The minimum atomic E-state index is 0.857.